The van der Waals surface area contributed by atoms with Gasteiger partial charge >= 0.3 is 0 Å². The van der Waals surface area contributed by atoms with Gasteiger partial charge < -0.3 is 0 Å². The van der Waals surface area contributed by atoms with Crippen LogP contribution in [0.5, 0.6) is 0 Å². The number of amides is 4. The molecule has 0 heterocycles. The Morgan fingerprint density at radius 3 is 1.13 bits per heavy atom. The molecule has 5 rings (SSSR count). The van der Waals surface area contributed by atoms with Gasteiger partial charge in [0.2, 0.25) is 23.6 Å². The number of carbonyl (C=O) groups excluding carboxylic acids is 4. The van der Waals surface area contributed by atoms with Crippen molar-refractivity contribution in [1.82, 2.24) is 21.7 Å². The molecule has 0 aliphatic heterocycles. The van der Waals surface area contributed by atoms with Crippen LogP contribution in [0.15, 0.2) is 48.5 Å². The number of nitrogens with one attached hydrogen (secondary N) is 4. The van der Waals surface area contributed by atoms with Crippen molar-refractivity contribution in [3.8, 4) is 0 Å². The van der Waals surface area contributed by atoms with Gasteiger partial charge in [0.1, 0.15) is 0 Å². The Balaban J connectivity index is 1.84. The summed E-state index contributed by atoms with van der Waals surface area (Å²) in [5.41, 5.74) is 13.5. The Kier molecular flexibility index (Phi) is 4.99. The summed E-state index contributed by atoms with van der Waals surface area (Å²) < 4.78 is 0. The molecule has 30 heavy (non-hydrogen) atoms. The standard InChI is InChI=1S/C22H22N4O4/c1-11(27)23-25-21(29)19-17-13-7-3-5-9-15(13)18(16-10-6-4-8-14(16)17)20(19)22(30)26-24-12(2)28/h3-10,17-20H,1-2H3,(H,23,27)(H,24,28)(H,25,29)(H,26,30)/t17?,18?,19-,20-/m1/s1. The van der Waals surface area contributed by atoms with Gasteiger partial charge in [0.05, 0.1) is 11.8 Å². The second kappa shape index (κ2) is 7.62. The number of hydrazine groups is 2. The SMILES string of the molecule is CC(=O)NNC(=O)[C@@H]1C2c3ccccc3C(c3ccccc32)[C@H]1C(=O)NNC(C)=O. The molecule has 0 saturated carbocycles. The molecular weight excluding hydrogens is 384 g/mol. The lowest BCUT2D eigenvalue weighted by Gasteiger charge is -2.49. The van der Waals surface area contributed by atoms with Crippen LogP contribution in [0.4, 0.5) is 0 Å². The van der Waals surface area contributed by atoms with Gasteiger partial charge in [-0.15, -0.1) is 0 Å². The van der Waals surface area contributed by atoms with Crippen molar-refractivity contribution in [2.75, 3.05) is 0 Å². The highest BCUT2D eigenvalue weighted by Gasteiger charge is 2.55. The zero-order chi connectivity index (χ0) is 21.4. The highest BCUT2D eigenvalue weighted by molar-refractivity contribution is 5.93. The molecule has 2 aromatic rings. The molecular formula is C22H22N4O4. The predicted octanol–water partition coefficient (Wildman–Crippen LogP) is 0.844. The van der Waals surface area contributed by atoms with E-state index in [9.17, 15) is 19.2 Å². The lowest BCUT2D eigenvalue weighted by Crippen LogP contribution is -2.56. The molecule has 0 spiro atoms. The first-order valence-corrected chi connectivity index (χ1v) is 9.70. The maximum atomic E-state index is 13.2. The van der Waals surface area contributed by atoms with E-state index in [0.717, 1.165) is 22.3 Å². The van der Waals surface area contributed by atoms with Gasteiger partial charge in [-0.05, 0) is 22.3 Å². The number of fused-ring (bicyclic) bond motifs is 1. The Morgan fingerprint density at radius 1 is 0.567 bits per heavy atom. The summed E-state index contributed by atoms with van der Waals surface area (Å²) in [7, 11) is 0. The van der Waals surface area contributed by atoms with Crippen LogP contribution in [0, 0.1) is 11.8 Å². The minimum Gasteiger partial charge on any atom is -0.274 e. The maximum absolute atomic E-state index is 13.2. The zero-order valence-electron chi connectivity index (χ0n) is 16.6. The second-order valence-electron chi connectivity index (χ2n) is 7.61. The van der Waals surface area contributed by atoms with Gasteiger partial charge in [0.25, 0.3) is 0 Å². The molecule has 0 unspecified atom stereocenters. The average molecular weight is 406 g/mol. The lowest BCUT2D eigenvalue weighted by molar-refractivity contribution is -0.140. The number of benzene rings is 2. The molecule has 154 valence electrons. The van der Waals surface area contributed by atoms with Crippen LogP contribution in [-0.4, -0.2) is 23.6 Å². The highest BCUT2D eigenvalue weighted by Crippen LogP contribution is 2.58. The second-order valence-corrected chi connectivity index (χ2v) is 7.61. The summed E-state index contributed by atoms with van der Waals surface area (Å²) in [6.07, 6.45) is 0. The fourth-order valence-electron chi connectivity index (χ4n) is 4.77. The van der Waals surface area contributed by atoms with Crippen molar-refractivity contribution in [2.45, 2.75) is 25.7 Å². The molecule has 3 aliphatic rings. The lowest BCUT2D eigenvalue weighted by atomic mass is 9.54. The molecule has 0 fully saturated rings. The van der Waals surface area contributed by atoms with Crippen molar-refractivity contribution in [3.05, 3.63) is 70.8 Å². The van der Waals surface area contributed by atoms with Gasteiger partial charge in [-0.25, -0.2) is 0 Å². The van der Waals surface area contributed by atoms with Crippen LogP contribution in [-0.2, 0) is 19.2 Å². The third kappa shape index (κ3) is 3.20. The first kappa shape index (κ1) is 19.6. The van der Waals surface area contributed by atoms with Gasteiger partial charge in [-0.3, -0.25) is 40.9 Å². The van der Waals surface area contributed by atoms with Crippen molar-refractivity contribution in [3.63, 3.8) is 0 Å². The molecule has 3 aliphatic carbocycles. The largest absolute Gasteiger partial charge is 0.274 e. The maximum Gasteiger partial charge on any atom is 0.243 e. The van der Waals surface area contributed by atoms with Crippen molar-refractivity contribution < 1.29 is 19.2 Å². The Bertz CT molecular complexity index is 921. The summed E-state index contributed by atoms with van der Waals surface area (Å²) in [4.78, 5) is 49.0. The normalized spacial score (nSPS) is 22.9. The Labute approximate surface area is 173 Å². The van der Waals surface area contributed by atoms with Crippen LogP contribution >= 0.6 is 0 Å². The van der Waals surface area contributed by atoms with Crippen LogP contribution < -0.4 is 21.7 Å². The van der Waals surface area contributed by atoms with Crippen molar-refractivity contribution in [2.24, 2.45) is 11.8 Å². The molecule has 0 aromatic heterocycles. The van der Waals surface area contributed by atoms with Gasteiger partial charge in [-0.1, -0.05) is 48.5 Å². The van der Waals surface area contributed by atoms with E-state index in [4.69, 9.17) is 0 Å². The van der Waals surface area contributed by atoms with Gasteiger partial charge in [0, 0.05) is 25.7 Å². The minimum atomic E-state index is -0.764. The van der Waals surface area contributed by atoms with Crippen LogP contribution in [0.2, 0.25) is 0 Å². The summed E-state index contributed by atoms with van der Waals surface area (Å²) in [6.45, 7) is 2.58. The van der Waals surface area contributed by atoms with E-state index in [1.54, 1.807) is 0 Å². The van der Waals surface area contributed by atoms with Crippen molar-refractivity contribution in [1.29, 1.82) is 0 Å². The first-order valence-electron chi connectivity index (χ1n) is 9.70. The number of carbonyl (C=O) groups is 4. The van der Waals surface area contributed by atoms with E-state index in [1.807, 2.05) is 48.5 Å². The molecule has 8 heteroatoms. The van der Waals surface area contributed by atoms with Gasteiger partial charge in [0.15, 0.2) is 0 Å². The number of hydrogen-bond acceptors (Lipinski definition) is 4. The molecule has 4 N–H and O–H groups in total. The summed E-state index contributed by atoms with van der Waals surface area (Å²) in [5, 5.41) is 0. The van der Waals surface area contributed by atoms with E-state index >= 15 is 0 Å². The van der Waals surface area contributed by atoms with E-state index in [0.29, 0.717) is 0 Å². The molecule has 4 amide bonds. The fourth-order valence-corrected chi connectivity index (χ4v) is 4.77. The molecule has 8 nitrogen and oxygen atoms in total. The summed E-state index contributed by atoms with van der Waals surface area (Å²) in [5.74, 6) is -3.97. The molecule has 2 bridgehead atoms. The third-order valence-corrected chi connectivity index (χ3v) is 5.77. The molecule has 0 saturated heterocycles. The molecule has 2 atom stereocenters. The topological polar surface area (TPSA) is 116 Å². The minimum absolute atomic E-state index is 0.357. The average Bonchev–Trinajstić information content (AvgIpc) is 2.75. The third-order valence-electron chi connectivity index (χ3n) is 5.77. The number of rotatable bonds is 2. The quantitative estimate of drug-likeness (QED) is 0.553. The summed E-state index contributed by atoms with van der Waals surface area (Å²) >= 11 is 0. The summed E-state index contributed by atoms with van der Waals surface area (Å²) in [6, 6.07) is 15.6. The van der Waals surface area contributed by atoms with E-state index < -0.39 is 35.5 Å². The van der Waals surface area contributed by atoms with Crippen LogP contribution in [0.3, 0.4) is 0 Å². The fraction of sp³-hybridized carbons (Fsp3) is 0.273. The van der Waals surface area contributed by atoms with Gasteiger partial charge in [-0.2, -0.15) is 0 Å². The van der Waals surface area contributed by atoms with E-state index in [1.165, 1.54) is 13.8 Å². The van der Waals surface area contributed by atoms with E-state index in [2.05, 4.69) is 21.7 Å². The monoisotopic (exact) mass is 406 g/mol. The smallest absolute Gasteiger partial charge is 0.243 e. The molecule has 0 radical (unpaired) electrons. The predicted molar refractivity (Wildman–Crippen MR) is 107 cm³/mol. The molecule has 2 aromatic carbocycles. The van der Waals surface area contributed by atoms with Crippen LogP contribution in [0.25, 0.3) is 0 Å². The number of hydrogen-bond donors (Lipinski definition) is 4. The zero-order valence-corrected chi connectivity index (χ0v) is 16.6. The van der Waals surface area contributed by atoms with Crippen LogP contribution in [0.1, 0.15) is 47.9 Å². The Hall–Kier alpha value is -3.68. The first-order chi connectivity index (χ1) is 14.4. The van der Waals surface area contributed by atoms with Crippen molar-refractivity contribution >= 4 is 23.6 Å². The van der Waals surface area contributed by atoms with E-state index in [-0.39, 0.29) is 11.8 Å². The highest BCUT2D eigenvalue weighted by atomic mass is 16.2. The Morgan fingerprint density at radius 2 is 0.867 bits per heavy atom.